The second kappa shape index (κ2) is 6.89. The molecule has 0 aliphatic heterocycles. The molecule has 0 bridgehead atoms. The van der Waals surface area contributed by atoms with Crippen LogP contribution in [0.4, 0.5) is 4.39 Å². The minimum Gasteiger partial charge on any atom is -0.409 e. The van der Waals surface area contributed by atoms with E-state index in [-0.39, 0.29) is 11.4 Å². The van der Waals surface area contributed by atoms with Gasteiger partial charge in [-0.3, -0.25) is 4.90 Å². The molecule has 21 heavy (non-hydrogen) atoms. The summed E-state index contributed by atoms with van der Waals surface area (Å²) in [6, 6.07) is 8.64. The lowest BCUT2D eigenvalue weighted by molar-refractivity contribution is 0.315. The van der Waals surface area contributed by atoms with Crippen LogP contribution in [0.2, 0.25) is 4.34 Å². The summed E-state index contributed by atoms with van der Waals surface area (Å²) in [7, 11) is 1.89. The van der Waals surface area contributed by atoms with Crippen LogP contribution < -0.4 is 5.73 Å². The quantitative estimate of drug-likeness (QED) is 0.383. The van der Waals surface area contributed by atoms with E-state index in [1.54, 1.807) is 12.1 Å². The molecule has 2 aromatic rings. The molecule has 0 amide bonds. The fraction of sp³-hybridized carbons (Fsp3) is 0.214. The summed E-state index contributed by atoms with van der Waals surface area (Å²) in [6.07, 6.45) is 0. The van der Waals surface area contributed by atoms with Crippen LogP contribution in [0.1, 0.15) is 16.0 Å². The molecule has 0 saturated heterocycles. The molecule has 0 aliphatic carbocycles. The number of nitrogens with zero attached hydrogens (tertiary/aromatic N) is 2. The van der Waals surface area contributed by atoms with E-state index in [0.29, 0.717) is 18.7 Å². The Bertz CT molecular complexity index is 659. The number of hydrogen-bond donors (Lipinski definition) is 2. The van der Waals surface area contributed by atoms with Crippen molar-refractivity contribution in [1.29, 1.82) is 0 Å². The Hall–Kier alpha value is -1.63. The summed E-state index contributed by atoms with van der Waals surface area (Å²) < 4.78 is 15.0. The van der Waals surface area contributed by atoms with Gasteiger partial charge in [-0.05, 0) is 25.2 Å². The van der Waals surface area contributed by atoms with Gasteiger partial charge in [-0.25, -0.2) is 4.39 Å². The van der Waals surface area contributed by atoms with Crippen molar-refractivity contribution in [2.45, 2.75) is 13.1 Å². The summed E-state index contributed by atoms with van der Waals surface area (Å²) >= 11 is 7.39. The number of nitrogens with two attached hydrogens (primary N) is 1. The summed E-state index contributed by atoms with van der Waals surface area (Å²) in [5.41, 5.74) is 6.04. The number of hydrogen-bond acceptors (Lipinski definition) is 4. The molecule has 0 atom stereocenters. The van der Waals surface area contributed by atoms with Gasteiger partial charge in [0.05, 0.1) is 9.90 Å². The minimum atomic E-state index is -0.469. The molecule has 1 aromatic heterocycles. The molecule has 7 heteroatoms. The van der Waals surface area contributed by atoms with Crippen LogP contribution >= 0.6 is 22.9 Å². The molecule has 0 fully saturated rings. The number of oxime groups is 1. The molecule has 0 spiro atoms. The molecule has 3 N–H and O–H groups in total. The lowest BCUT2D eigenvalue weighted by atomic mass is 10.1. The first-order chi connectivity index (χ1) is 10.0. The fourth-order valence-corrected chi connectivity index (χ4v) is 3.17. The van der Waals surface area contributed by atoms with Crippen molar-refractivity contribution in [3.8, 4) is 0 Å². The maximum atomic E-state index is 14.3. The van der Waals surface area contributed by atoms with Gasteiger partial charge in [0.25, 0.3) is 0 Å². The molecule has 0 radical (unpaired) electrons. The van der Waals surface area contributed by atoms with E-state index in [0.717, 1.165) is 9.21 Å². The Morgan fingerprint density at radius 1 is 1.38 bits per heavy atom. The van der Waals surface area contributed by atoms with Gasteiger partial charge in [0.1, 0.15) is 5.82 Å². The highest BCUT2D eigenvalue weighted by Gasteiger charge is 2.13. The number of rotatable bonds is 5. The van der Waals surface area contributed by atoms with Crippen LogP contribution in [0.5, 0.6) is 0 Å². The topological polar surface area (TPSA) is 61.8 Å². The molecule has 0 unspecified atom stereocenters. The van der Waals surface area contributed by atoms with Crippen molar-refractivity contribution in [3.63, 3.8) is 0 Å². The number of thiophene rings is 1. The molecule has 112 valence electrons. The highest BCUT2D eigenvalue weighted by molar-refractivity contribution is 7.16. The summed E-state index contributed by atoms with van der Waals surface area (Å²) in [6.45, 7) is 1.08. The van der Waals surface area contributed by atoms with Gasteiger partial charge >= 0.3 is 0 Å². The smallest absolute Gasteiger partial charge is 0.173 e. The molecule has 4 nitrogen and oxygen atoms in total. The van der Waals surface area contributed by atoms with Crippen molar-refractivity contribution in [3.05, 3.63) is 56.5 Å². The third kappa shape index (κ3) is 3.93. The van der Waals surface area contributed by atoms with Gasteiger partial charge in [0.2, 0.25) is 0 Å². The van der Waals surface area contributed by atoms with Gasteiger partial charge in [-0.15, -0.1) is 11.3 Å². The third-order valence-electron chi connectivity index (χ3n) is 2.96. The zero-order valence-electron chi connectivity index (χ0n) is 11.4. The zero-order chi connectivity index (χ0) is 15.4. The summed E-state index contributed by atoms with van der Waals surface area (Å²) in [5, 5.41) is 11.5. The van der Waals surface area contributed by atoms with Crippen molar-refractivity contribution in [2.75, 3.05) is 7.05 Å². The number of halogens is 2. The van der Waals surface area contributed by atoms with E-state index in [9.17, 15) is 4.39 Å². The van der Waals surface area contributed by atoms with Crippen LogP contribution in [-0.4, -0.2) is 23.0 Å². The maximum Gasteiger partial charge on any atom is 0.173 e. The van der Waals surface area contributed by atoms with E-state index in [1.165, 1.54) is 17.4 Å². The predicted molar refractivity (Wildman–Crippen MR) is 83.4 cm³/mol. The predicted octanol–water partition coefficient (Wildman–Crippen LogP) is 3.27. The van der Waals surface area contributed by atoms with Crippen LogP contribution in [-0.2, 0) is 13.1 Å². The van der Waals surface area contributed by atoms with Gasteiger partial charge in [0.15, 0.2) is 5.84 Å². The van der Waals surface area contributed by atoms with E-state index >= 15 is 0 Å². The molecule has 0 saturated carbocycles. The molecule has 0 aliphatic rings. The third-order valence-corrected chi connectivity index (χ3v) is 4.17. The van der Waals surface area contributed by atoms with Gasteiger partial charge in [0, 0.05) is 23.5 Å². The summed E-state index contributed by atoms with van der Waals surface area (Å²) in [4.78, 5) is 3.08. The Balaban J connectivity index is 2.12. The van der Waals surface area contributed by atoms with E-state index < -0.39 is 5.82 Å². The molecule has 1 heterocycles. The second-order valence-corrected chi connectivity index (χ2v) is 6.44. The van der Waals surface area contributed by atoms with Gasteiger partial charge in [-0.2, -0.15) is 0 Å². The monoisotopic (exact) mass is 327 g/mol. The highest BCUT2D eigenvalue weighted by atomic mass is 35.5. The van der Waals surface area contributed by atoms with E-state index in [4.69, 9.17) is 22.5 Å². The number of benzene rings is 1. The fourth-order valence-electron chi connectivity index (χ4n) is 2.00. The molecule has 2 rings (SSSR count). The highest BCUT2D eigenvalue weighted by Crippen LogP contribution is 2.23. The Morgan fingerprint density at radius 2 is 2.14 bits per heavy atom. The van der Waals surface area contributed by atoms with Crippen molar-refractivity contribution < 1.29 is 9.60 Å². The van der Waals surface area contributed by atoms with Crippen molar-refractivity contribution in [2.24, 2.45) is 10.9 Å². The average Bonchev–Trinajstić information content (AvgIpc) is 2.85. The second-order valence-electron chi connectivity index (χ2n) is 4.64. The van der Waals surface area contributed by atoms with Gasteiger partial charge in [-0.1, -0.05) is 28.9 Å². The maximum absolute atomic E-state index is 14.3. The summed E-state index contributed by atoms with van der Waals surface area (Å²) in [5.74, 6) is -0.703. The Labute approximate surface area is 131 Å². The molecular formula is C14H15ClFN3OS. The van der Waals surface area contributed by atoms with Crippen LogP contribution in [0, 0.1) is 5.82 Å². The van der Waals surface area contributed by atoms with Crippen LogP contribution in [0.3, 0.4) is 0 Å². The van der Waals surface area contributed by atoms with Crippen molar-refractivity contribution >= 4 is 28.8 Å². The SMILES string of the molecule is CN(Cc1ccc(Cl)s1)Cc1cccc(/C(N)=N/O)c1F. The lowest BCUT2D eigenvalue weighted by Crippen LogP contribution is -2.20. The first-order valence-electron chi connectivity index (χ1n) is 6.19. The largest absolute Gasteiger partial charge is 0.409 e. The average molecular weight is 328 g/mol. The Morgan fingerprint density at radius 3 is 2.76 bits per heavy atom. The molecular weight excluding hydrogens is 313 g/mol. The minimum absolute atomic E-state index is 0.0996. The van der Waals surface area contributed by atoms with E-state index in [1.807, 2.05) is 24.1 Å². The molecule has 1 aromatic carbocycles. The lowest BCUT2D eigenvalue weighted by Gasteiger charge is -2.17. The Kier molecular flexibility index (Phi) is 5.17. The van der Waals surface area contributed by atoms with Gasteiger partial charge < -0.3 is 10.9 Å². The van der Waals surface area contributed by atoms with E-state index in [2.05, 4.69) is 5.16 Å². The van der Waals surface area contributed by atoms with Crippen molar-refractivity contribution in [1.82, 2.24) is 4.90 Å². The van der Waals surface area contributed by atoms with Crippen LogP contribution in [0.25, 0.3) is 0 Å². The van der Waals surface area contributed by atoms with Crippen LogP contribution in [0.15, 0.2) is 35.5 Å². The first kappa shape index (κ1) is 15.8. The number of amidine groups is 1. The normalized spacial score (nSPS) is 12.1. The first-order valence-corrected chi connectivity index (χ1v) is 7.38. The standard InChI is InChI=1S/C14H15ClFN3OS/c1-19(8-10-5-6-12(15)21-10)7-9-3-2-4-11(13(9)16)14(17)18-20/h2-6,20H,7-8H2,1H3,(H2,17,18). The zero-order valence-corrected chi connectivity index (χ0v) is 13.0.